The molecule has 0 N–H and O–H groups in total. The molecule has 0 aliphatic rings. The highest BCUT2D eigenvalue weighted by Crippen LogP contribution is 2.42. The number of carbonyl (C=O) groups is 1. The van der Waals surface area contributed by atoms with Crippen molar-refractivity contribution >= 4 is 37.6 Å². The quantitative estimate of drug-likeness (QED) is 0.354. The number of ketones is 1. The van der Waals surface area contributed by atoms with Crippen LogP contribution in [0.2, 0.25) is 0 Å². The number of thiophene rings is 1. The third-order valence-corrected chi connectivity index (χ3v) is 6.58. The fourth-order valence-corrected chi connectivity index (χ4v) is 5.33. The molecule has 5 aromatic rings. The van der Waals surface area contributed by atoms with Gasteiger partial charge < -0.3 is 4.74 Å². The highest BCUT2D eigenvalue weighted by atomic mass is 32.1. The van der Waals surface area contributed by atoms with Crippen molar-refractivity contribution in [3.8, 4) is 22.7 Å². The number of aromatic nitrogens is 5. The zero-order chi connectivity index (χ0) is 22.6. The second-order valence-electron chi connectivity index (χ2n) is 7.73. The van der Waals surface area contributed by atoms with E-state index in [4.69, 9.17) is 9.72 Å². The lowest BCUT2D eigenvalue weighted by Gasteiger charge is -2.12. The molecule has 0 saturated carbocycles. The van der Waals surface area contributed by atoms with Gasteiger partial charge in [0, 0.05) is 22.2 Å². The summed E-state index contributed by atoms with van der Waals surface area (Å²) in [5.41, 5.74) is 5.73. The molecule has 5 rings (SSSR count). The maximum absolute atomic E-state index is 12.7. The molecule has 0 spiro atoms. The monoisotopic (exact) mass is 443 g/mol. The molecule has 8 heteroatoms. The van der Waals surface area contributed by atoms with Gasteiger partial charge in [0.25, 0.3) is 0 Å². The average Bonchev–Trinajstić information content (AvgIpc) is 3.30. The predicted octanol–water partition coefficient (Wildman–Crippen LogP) is 5.23. The summed E-state index contributed by atoms with van der Waals surface area (Å²) < 4.78 is 8.04. The van der Waals surface area contributed by atoms with E-state index in [1.807, 2.05) is 55.8 Å². The molecule has 0 unspecified atom stereocenters. The Bertz CT molecular complexity index is 1520. The summed E-state index contributed by atoms with van der Waals surface area (Å²) in [6.45, 7) is 7.41. The van der Waals surface area contributed by atoms with E-state index in [1.165, 1.54) is 11.3 Å². The fraction of sp³-hybridized carbons (Fsp3) is 0.208. The van der Waals surface area contributed by atoms with Crippen LogP contribution in [0.3, 0.4) is 0 Å². The maximum atomic E-state index is 12.7. The Hall–Kier alpha value is -3.65. The Balaban J connectivity index is 1.91. The summed E-state index contributed by atoms with van der Waals surface area (Å²) in [6, 6.07) is 9.73. The number of fused-ring (bicyclic) bond motifs is 3. The number of nitrogens with zero attached hydrogens (tertiary/aromatic N) is 5. The average molecular weight is 444 g/mol. The Morgan fingerprint density at radius 3 is 2.47 bits per heavy atom. The van der Waals surface area contributed by atoms with Gasteiger partial charge in [-0.2, -0.15) is 5.10 Å². The topological polar surface area (TPSA) is 82.8 Å². The first-order valence-electron chi connectivity index (χ1n) is 10.2. The van der Waals surface area contributed by atoms with Gasteiger partial charge in [-0.1, -0.05) is 12.1 Å². The number of hydrogen-bond donors (Lipinski definition) is 0. The second kappa shape index (κ2) is 7.49. The zero-order valence-electron chi connectivity index (χ0n) is 18.4. The number of benzene rings is 1. The predicted molar refractivity (Wildman–Crippen MR) is 126 cm³/mol. The molecule has 1 aromatic carbocycles. The van der Waals surface area contributed by atoms with E-state index in [-0.39, 0.29) is 5.78 Å². The third kappa shape index (κ3) is 3.06. The van der Waals surface area contributed by atoms with Gasteiger partial charge in [-0.25, -0.2) is 19.6 Å². The number of Topliss-reactive ketones (excluding diaryl/α,β-unsaturated/α-hetero) is 1. The van der Waals surface area contributed by atoms with E-state index in [0.717, 1.165) is 48.7 Å². The van der Waals surface area contributed by atoms with E-state index < -0.39 is 0 Å². The molecule has 0 aliphatic carbocycles. The van der Waals surface area contributed by atoms with Crippen molar-refractivity contribution < 1.29 is 9.53 Å². The summed E-state index contributed by atoms with van der Waals surface area (Å²) in [5.74, 6) is 1.44. The van der Waals surface area contributed by atoms with Crippen LogP contribution in [-0.2, 0) is 0 Å². The molecular weight excluding hydrogens is 422 g/mol. The van der Waals surface area contributed by atoms with Gasteiger partial charge in [0.05, 0.1) is 24.0 Å². The van der Waals surface area contributed by atoms with Crippen molar-refractivity contribution in [2.45, 2.75) is 27.7 Å². The van der Waals surface area contributed by atoms with Crippen molar-refractivity contribution in [3.63, 3.8) is 0 Å². The van der Waals surface area contributed by atoms with Crippen LogP contribution in [0.5, 0.6) is 5.75 Å². The number of pyridine rings is 1. The lowest BCUT2D eigenvalue weighted by Crippen LogP contribution is -2.04. The maximum Gasteiger partial charge on any atom is 0.174 e. The molecule has 32 heavy (non-hydrogen) atoms. The van der Waals surface area contributed by atoms with Crippen LogP contribution in [0.1, 0.15) is 34.4 Å². The lowest BCUT2D eigenvalue weighted by molar-refractivity contribution is 0.101. The van der Waals surface area contributed by atoms with E-state index in [0.29, 0.717) is 17.1 Å². The van der Waals surface area contributed by atoms with Gasteiger partial charge in [-0.3, -0.25) is 4.79 Å². The SMILES string of the molecule is COc1ccc(-c2c(C(C)=O)c(C)nc3sc4c(-n5nc(C)cc5C)ncnc4c23)cc1. The van der Waals surface area contributed by atoms with E-state index in [2.05, 4.69) is 15.1 Å². The van der Waals surface area contributed by atoms with Crippen molar-refractivity contribution in [2.24, 2.45) is 0 Å². The standard InChI is InChI=1S/C24H21N5O2S/c1-12-10-13(2)29(28-12)23-22-21(25-11-26-23)20-19(16-6-8-17(31-5)9-7-16)18(15(4)30)14(3)27-24(20)32-22/h6-11H,1-5H3. The summed E-state index contributed by atoms with van der Waals surface area (Å²) in [5, 5.41) is 5.47. The Labute approximate surface area is 188 Å². The summed E-state index contributed by atoms with van der Waals surface area (Å²) in [4.78, 5) is 27.5. The molecule has 7 nitrogen and oxygen atoms in total. The van der Waals surface area contributed by atoms with Gasteiger partial charge in [-0.05, 0) is 51.5 Å². The van der Waals surface area contributed by atoms with Crippen LogP contribution >= 0.6 is 11.3 Å². The molecule has 0 atom stereocenters. The van der Waals surface area contributed by atoms with Crippen molar-refractivity contribution in [2.75, 3.05) is 7.11 Å². The number of ether oxygens (including phenoxy) is 1. The molecule has 0 fully saturated rings. The first-order valence-corrected chi connectivity index (χ1v) is 11.0. The van der Waals surface area contributed by atoms with Gasteiger partial charge in [-0.15, -0.1) is 11.3 Å². The normalized spacial score (nSPS) is 11.4. The van der Waals surface area contributed by atoms with E-state index in [1.54, 1.807) is 20.4 Å². The van der Waals surface area contributed by atoms with Crippen molar-refractivity contribution in [3.05, 3.63) is 59.3 Å². The Morgan fingerprint density at radius 2 is 1.84 bits per heavy atom. The Morgan fingerprint density at radius 1 is 1.09 bits per heavy atom. The summed E-state index contributed by atoms with van der Waals surface area (Å²) >= 11 is 1.52. The van der Waals surface area contributed by atoms with Crippen LogP contribution < -0.4 is 4.74 Å². The number of rotatable bonds is 4. The Kier molecular flexibility index (Phi) is 4.74. The molecule has 0 radical (unpaired) electrons. The molecule has 0 bridgehead atoms. The lowest BCUT2D eigenvalue weighted by atomic mass is 9.93. The van der Waals surface area contributed by atoms with Gasteiger partial charge in [0.15, 0.2) is 11.6 Å². The van der Waals surface area contributed by atoms with Gasteiger partial charge in [0.2, 0.25) is 0 Å². The number of aryl methyl sites for hydroxylation is 3. The van der Waals surface area contributed by atoms with E-state index >= 15 is 0 Å². The van der Waals surface area contributed by atoms with Crippen LogP contribution in [0.4, 0.5) is 0 Å². The highest BCUT2D eigenvalue weighted by molar-refractivity contribution is 7.25. The van der Waals surface area contributed by atoms with Crippen molar-refractivity contribution in [1.29, 1.82) is 0 Å². The summed E-state index contributed by atoms with van der Waals surface area (Å²) in [7, 11) is 1.63. The molecular formula is C24H21N5O2S. The van der Waals surface area contributed by atoms with Crippen LogP contribution in [-0.4, -0.2) is 37.6 Å². The van der Waals surface area contributed by atoms with E-state index in [9.17, 15) is 4.79 Å². The molecule has 0 aliphatic heterocycles. The van der Waals surface area contributed by atoms with Crippen LogP contribution in [0.25, 0.3) is 37.4 Å². The first-order chi connectivity index (χ1) is 15.4. The highest BCUT2D eigenvalue weighted by Gasteiger charge is 2.24. The minimum Gasteiger partial charge on any atom is -0.497 e. The van der Waals surface area contributed by atoms with Gasteiger partial charge >= 0.3 is 0 Å². The zero-order valence-corrected chi connectivity index (χ0v) is 19.2. The van der Waals surface area contributed by atoms with Crippen LogP contribution in [0, 0.1) is 20.8 Å². The number of methoxy groups -OCH3 is 1. The molecule has 4 heterocycles. The first kappa shape index (κ1) is 20.3. The molecule has 160 valence electrons. The van der Waals surface area contributed by atoms with Gasteiger partial charge in [0.1, 0.15) is 21.6 Å². The molecule has 0 amide bonds. The third-order valence-electron chi connectivity index (χ3n) is 5.51. The number of carbonyl (C=O) groups excluding carboxylic acids is 1. The fourth-order valence-electron chi connectivity index (χ4n) is 4.18. The second-order valence-corrected chi connectivity index (χ2v) is 8.73. The number of hydrogen-bond acceptors (Lipinski definition) is 7. The molecule has 0 saturated heterocycles. The minimum atomic E-state index is -0.0325. The van der Waals surface area contributed by atoms with Crippen molar-refractivity contribution in [1.82, 2.24) is 24.7 Å². The minimum absolute atomic E-state index is 0.0325. The largest absolute Gasteiger partial charge is 0.497 e. The smallest absolute Gasteiger partial charge is 0.174 e. The molecule has 4 aromatic heterocycles. The van der Waals surface area contributed by atoms with Crippen LogP contribution in [0.15, 0.2) is 36.7 Å². The summed E-state index contributed by atoms with van der Waals surface area (Å²) in [6.07, 6.45) is 1.55.